The summed E-state index contributed by atoms with van der Waals surface area (Å²) in [6.45, 7) is 5.02. The largest absolute Gasteiger partial charge is 0.493 e. The second-order valence-corrected chi connectivity index (χ2v) is 7.23. The normalized spacial score (nSPS) is 15.7. The van der Waals surface area contributed by atoms with Gasteiger partial charge in [0.25, 0.3) is 5.91 Å². The molecule has 1 aliphatic rings. The third kappa shape index (κ3) is 4.76. The van der Waals surface area contributed by atoms with Crippen molar-refractivity contribution in [1.82, 2.24) is 10.3 Å². The number of aromatic nitrogens is 1. The minimum Gasteiger partial charge on any atom is -0.493 e. The molecular formula is C22H28N2O6. The molecule has 2 N–H and O–H groups in total. The molecule has 1 aromatic carbocycles. The molecule has 0 saturated carbocycles. The lowest BCUT2D eigenvalue weighted by atomic mass is 10.1. The van der Waals surface area contributed by atoms with E-state index in [2.05, 4.69) is 10.3 Å². The van der Waals surface area contributed by atoms with Crippen LogP contribution in [-0.4, -0.2) is 50.4 Å². The van der Waals surface area contributed by atoms with Crippen LogP contribution in [0.4, 0.5) is 0 Å². The molecule has 8 nitrogen and oxygen atoms in total. The zero-order chi connectivity index (χ0) is 21.7. The summed E-state index contributed by atoms with van der Waals surface area (Å²) in [5, 5.41) is 2.86. The highest BCUT2D eigenvalue weighted by molar-refractivity contribution is 6.00. The van der Waals surface area contributed by atoms with Crippen molar-refractivity contribution in [2.45, 2.75) is 39.3 Å². The van der Waals surface area contributed by atoms with Crippen molar-refractivity contribution < 1.29 is 28.5 Å². The predicted molar refractivity (Wildman–Crippen MR) is 110 cm³/mol. The van der Waals surface area contributed by atoms with Gasteiger partial charge in [0.1, 0.15) is 12.3 Å². The second kappa shape index (κ2) is 9.67. The summed E-state index contributed by atoms with van der Waals surface area (Å²) >= 11 is 0. The summed E-state index contributed by atoms with van der Waals surface area (Å²) in [6.07, 6.45) is 2.18. The number of aromatic amines is 1. The fourth-order valence-electron chi connectivity index (χ4n) is 3.56. The first-order valence-corrected chi connectivity index (χ1v) is 9.91. The van der Waals surface area contributed by atoms with Crippen molar-refractivity contribution in [1.29, 1.82) is 0 Å². The van der Waals surface area contributed by atoms with E-state index in [-0.39, 0.29) is 12.0 Å². The van der Waals surface area contributed by atoms with Crippen molar-refractivity contribution in [2.24, 2.45) is 0 Å². The van der Waals surface area contributed by atoms with Crippen molar-refractivity contribution in [3.05, 3.63) is 46.3 Å². The molecule has 1 fully saturated rings. The van der Waals surface area contributed by atoms with Crippen LogP contribution in [0.5, 0.6) is 11.5 Å². The average molecular weight is 416 g/mol. The Hall–Kier alpha value is -3.00. The molecule has 0 bridgehead atoms. The molecule has 0 spiro atoms. The number of hydrogen-bond acceptors (Lipinski definition) is 6. The number of hydrogen-bond donors (Lipinski definition) is 2. The Labute approximate surface area is 175 Å². The highest BCUT2D eigenvalue weighted by Gasteiger charge is 2.22. The lowest BCUT2D eigenvalue weighted by molar-refractivity contribution is 0.0599. The Morgan fingerprint density at radius 1 is 1.23 bits per heavy atom. The van der Waals surface area contributed by atoms with Gasteiger partial charge in [0.2, 0.25) is 0 Å². The van der Waals surface area contributed by atoms with Crippen LogP contribution in [0.1, 0.15) is 50.5 Å². The molecule has 1 aromatic heterocycles. The highest BCUT2D eigenvalue weighted by Crippen LogP contribution is 2.29. The first-order valence-electron chi connectivity index (χ1n) is 9.91. The number of nitrogens with one attached hydrogen (secondary N) is 2. The smallest absolute Gasteiger partial charge is 0.339 e. The second-order valence-electron chi connectivity index (χ2n) is 7.23. The van der Waals surface area contributed by atoms with E-state index < -0.39 is 5.97 Å². The highest BCUT2D eigenvalue weighted by atomic mass is 16.5. The minimum absolute atomic E-state index is 0.121. The average Bonchev–Trinajstić information content (AvgIpc) is 3.37. The van der Waals surface area contributed by atoms with E-state index in [0.29, 0.717) is 47.2 Å². The van der Waals surface area contributed by atoms with Crippen LogP contribution in [0.3, 0.4) is 0 Å². The first-order chi connectivity index (χ1) is 14.4. The molecule has 1 saturated heterocycles. The quantitative estimate of drug-likeness (QED) is 0.642. The number of amides is 1. The molecule has 1 unspecified atom stereocenters. The molecule has 0 aliphatic carbocycles. The van der Waals surface area contributed by atoms with Gasteiger partial charge in [0, 0.05) is 18.8 Å². The molecule has 8 heteroatoms. The van der Waals surface area contributed by atoms with Crippen LogP contribution < -0.4 is 14.8 Å². The maximum absolute atomic E-state index is 12.6. The molecule has 3 rings (SSSR count). The van der Waals surface area contributed by atoms with Crippen LogP contribution >= 0.6 is 0 Å². The monoisotopic (exact) mass is 416 g/mol. The van der Waals surface area contributed by atoms with Gasteiger partial charge < -0.3 is 29.2 Å². The van der Waals surface area contributed by atoms with Crippen LogP contribution in [0.2, 0.25) is 0 Å². The van der Waals surface area contributed by atoms with Gasteiger partial charge in [-0.05, 0) is 49.9 Å². The fraction of sp³-hybridized carbons (Fsp3) is 0.455. The molecule has 2 aromatic rings. The van der Waals surface area contributed by atoms with Crippen LogP contribution in [0.25, 0.3) is 0 Å². The summed E-state index contributed by atoms with van der Waals surface area (Å²) in [5.74, 6) is 0.466. The maximum Gasteiger partial charge on any atom is 0.339 e. The zero-order valence-electron chi connectivity index (χ0n) is 17.8. The van der Waals surface area contributed by atoms with Crippen LogP contribution in [0.15, 0.2) is 18.2 Å². The first kappa shape index (κ1) is 21.7. The SMILES string of the molecule is COC(=O)c1c(C)[nH]c(C(=O)NCc2ccc(OCC3CCCO3)c(OC)c2)c1C. The third-order valence-corrected chi connectivity index (χ3v) is 5.18. The topological polar surface area (TPSA) is 98.9 Å². The van der Waals surface area contributed by atoms with Crippen molar-refractivity contribution in [3.8, 4) is 11.5 Å². The van der Waals surface area contributed by atoms with Gasteiger partial charge in [-0.2, -0.15) is 0 Å². The number of aryl methyl sites for hydroxylation is 1. The van der Waals surface area contributed by atoms with Gasteiger partial charge in [0.05, 0.1) is 25.9 Å². The van der Waals surface area contributed by atoms with E-state index in [1.807, 2.05) is 18.2 Å². The molecule has 0 radical (unpaired) electrons. The van der Waals surface area contributed by atoms with Crippen molar-refractivity contribution in [3.63, 3.8) is 0 Å². The lowest BCUT2D eigenvalue weighted by Crippen LogP contribution is -2.24. The van der Waals surface area contributed by atoms with Crippen molar-refractivity contribution >= 4 is 11.9 Å². The molecule has 2 heterocycles. The molecule has 30 heavy (non-hydrogen) atoms. The molecule has 1 aliphatic heterocycles. The van der Waals surface area contributed by atoms with E-state index in [1.165, 1.54) is 7.11 Å². The molecular weight excluding hydrogens is 388 g/mol. The lowest BCUT2D eigenvalue weighted by Gasteiger charge is -2.15. The van der Waals surface area contributed by atoms with E-state index >= 15 is 0 Å². The Morgan fingerprint density at radius 2 is 2.03 bits per heavy atom. The van der Waals surface area contributed by atoms with E-state index in [0.717, 1.165) is 25.0 Å². The van der Waals surface area contributed by atoms with E-state index in [9.17, 15) is 9.59 Å². The zero-order valence-corrected chi connectivity index (χ0v) is 17.8. The number of esters is 1. The Bertz CT molecular complexity index is 915. The van der Waals surface area contributed by atoms with Crippen LogP contribution in [0, 0.1) is 13.8 Å². The number of carbonyl (C=O) groups excluding carboxylic acids is 2. The summed E-state index contributed by atoms with van der Waals surface area (Å²) < 4.78 is 21.6. The van der Waals surface area contributed by atoms with Gasteiger partial charge in [0.15, 0.2) is 11.5 Å². The summed E-state index contributed by atoms with van der Waals surface area (Å²) in [5.41, 5.74) is 2.75. The van der Waals surface area contributed by atoms with Gasteiger partial charge in [-0.25, -0.2) is 4.79 Å². The minimum atomic E-state index is -0.469. The number of benzene rings is 1. The van der Waals surface area contributed by atoms with Gasteiger partial charge in [-0.3, -0.25) is 4.79 Å². The predicted octanol–water partition coefficient (Wildman–Crippen LogP) is 2.91. The standard InChI is InChI=1S/C22H28N2O6/c1-13-19(22(26)28-4)14(2)24-20(13)21(25)23-11-15-7-8-17(18(10-15)27-3)30-12-16-6-5-9-29-16/h7-8,10,16,24H,5-6,9,11-12H2,1-4H3,(H,23,25). The maximum atomic E-state index is 12.6. The van der Waals surface area contributed by atoms with E-state index in [1.54, 1.807) is 21.0 Å². The third-order valence-electron chi connectivity index (χ3n) is 5.18. The van der Waals surface area contributed by atoms with E-state index in [4.69, 9.17) is 18.9 Å². The Kier molecular flexibility index (Phi) is 6.99. The number of ether oxygens (including phenoxy) is 4. The molecule has 1 atom stereocenters. The van der Waals surface area contributed by atoms with Crippen LogP contribution in [-0.2, 0) is 16.0 Å². The summed E-state index contributed by atoms with van der Waals surface area (Å²) in [7, 11) is 2.89. The van der Waals surface area contributed by atoms with Gasteiger partial charge >= 0.3 is 5.97 Å². The molecule has 162 valence electrons. The number of carbonyl (C=O) groups is 2. The number of methoxy groups -OCH3 is 2. The Balaban J connectivity index is 1.64. The van der Waals surface area contributed by atoms with Gasteiger partial charge in [-0.1, -0.05) is 6.07 Å². The summed E-state index contributed by atoms with van der Waals surface area (Å²) in [6, 6.07) is 5.53. The summed E-state index contributed by atoms with van der Waals surface area (Å²) in [4.78, 5) is 27.5. The fourth-order valence-corrected chi connectivity index (χ4v) is 3.56. The Morgan fingerprint density at radius 3 is 2.70 bits per heavy atom. The number of H-pyrrole nitrogens is 1. The number of rotatable bonds is 8. The molecule has 1 amide bonds. The van der Waals surface area contributed by atoms with Gasteiger partial charge in [-0.15, -0.1) is 0 Å². The van der Waals surface area contributed by atoms with Crippen molar-refractivity contribution in [2.75, 3.05) is 27.4 Å².